The van der Waals surface area contributed by atoms with E-state index in [0.717, 1.165) is 6.54 Å². The summed E-state index contributed by atoms with van der Waals surface area (Å²) in [5, 5.41) is 3.13. The van der Waals surface area contributed by atoms with Crippen LogP contribution in [0.1, 0.15) is 0 Å². The zero-order chi connectivity index (χ0) is 5.11. The second-order valence-corrected chi connectivity index (χ2v) is 1.64. The van der Waals surface area contributed by atoms with E-state index in [1.165, 1.54) is 0 Å². The highest BCUT2D eigenvalue weighted by Crippen LogP contribution is 1.96. The van der Waals surface area contributed by atoms with Gasteiger partial charge in [-0.05, 0) is 0 Å². The Morgan fingerprint density at radius 1 is 1.71 bits per heavy atom. The molecule has 0 bridgehead atoms. The summed E-state index contributed by atoms with van der Waals surface area (Å²) < 4.78 is 0. The van der Waals surface area contributed by atoms with Crippen LogP contribution in [0.3, 0.4) is 0 Å². The summed E-state index contributed by atoms with van der Waals surface area (Å²) in [7, 11) is 0. The van der Waals surface area contributed by atoms with E-state index in [1.54, 1.807) is 6.08 Å². The molecule has 0 aliphatic carbocycles. The van der Waals surface area contributed by atoms with Crippen molar-refractivity contribution >= 4 is 0 Å². The molecule has 1 saturated heterocycles. The van der Waals surface area contributed by atoms with Crippen LogP contribution in [0.15, 0.2) is 24.8 Å². The fourth-order valence-electron chi connectivity index (χ4n) is 0.417. The van der Waals surface area contributed by atoms with E-state index in [2.05, 4.69) is 18.0 Å². The molecule has 1 atom stereocenters. The van der Waals surface area contributed by atoms with Crippen LogP contribution in [0.2, 0.25) is 0 Å². The predicted molar refractivity (Wildman–Crippen MR) is 31.1 cm³/mol. The van der Waals surface area contributed by atoms with Crippen LogP contribution in [-0.4, -0.2) is 12.6 Å². The second-order valence-electron chi connectivity index (χ2n) is 1.64. The van der Waals surface area contributed by atoms with Gasteiger partial charge in [-0.3, -0.25) is 0 Å². The van der Waals surface area contributed by atoms with Gasteiger partial charge in [-0.1, -0.05) is 24.8 Å². The Kier molecular flexibility index (Phi) is 1.27. The Morgan fingerprint density at radius 2 is 2.43 bits per heavy atom. The molecule has 1 unspecified atom stereocenters. The molecule has 1 heterocycles. The molecule has 1 aliphatic heterocycles. The van der Waals surface area contributed by atoms with Gasteiger partial charge in [0.1, 0.15) is 0 Å². The lowest BCUT2D eigenvalue weighted by molar-refractivity contribution is 1.21. The topological polar surface area (TPSA) is 21.9 Å². The van der Waals surface area contributed by atoms with E-state index >= 15 is 0 Å². The lowest BCUT2D eigenvalue weighted by Gasteiger charge is -1.70. The van der Waals surface area contributed by atoms with Crippen molar-refractivity contribution in [1.29, 1.82) is 0 Å². The summed E-state index contributed by atoms with van der Waals surface area (Å²) in [6.45, 7) is 4.69. The van der Waals surface area contributed by atoms with Crippen LogP contribution in [0.5, 0.6) is 0 Å². The van der Waals surface area contributed by atoms with Gasteiger partial charge in [-0.2, -0.15) is 0 Å². The normalized spacial score (nSPS) is 28.3. The van der Waals surface area contributed by atoms with Gasteiger partial charge < -0.3 is 5.32 Å². The van der Waals surface area contributed by atoms with E-state index < -0.39 is 0 Å². The smallest absolute Gasteiger partial charge is 0.0380 e. The first-order valence-corrected chi connectivity index (χ1v) is 2.46. The van der Waals surface area contributed by atoms with Crippen LogP contribution >= 0.6 is 0 Å². The van der Waals surface area contributed by atoms with Crippen molar-refractivity contribution in [3.8, 4) is 0 Å². The van der Waals surface area contributed by atoms with Crippen molar-refractivity contribution in [3.05, 3.63) is 24.8 Å². The molecule has 1 N–H and O–H groups in total. The van der Waals surface area contributed by atoms with Crippen LogP contribution in [0, 0.1) is 0 Å². The zero-order valence-electron chi connectivity index (χ0n) is 4.22. The van der Waals surface area contributed by atoms with Gasteiger partial charge in [0.25, 0.3) is 0 Å². The summed E-state index contributed by atoms with van der Waals surface area (Å²) in [6.07, 6.45) is 5.86. The van der Waals surface area contributed by atoms with E-state index in [4.69, 9.17) is 0 Å². The van der Waals surface area contributed by atoms with Crippen LogP contribution in [0.25, 0.3) is 0 Å². The molecule has 0 aromatic rings. The van der Waals surface area contributed by atoms with E-state index in [1.807, 2.05) is 6.08 Å². The molecule has 0 amide bonds. The largest absolute Gasteiger partial charge is 0.307 e. The van der Waals surface area contributed by atoms with E-state index in [0.29, 0.717) is 6.04 Å². The van der Waals surface area contributed by atoms with Gasteiger partial charge in [0, 0.05) is 12.6 Å². The van der Waals surface area contributed by atoms with Crippen molar-refractivity contribution in [2.75, 3.05) is 6.54 Å². The minimum Gasteiger partial charge on any atom is -0.307 e. The highest BCUT2D eigenvalue weighted by Gasteiger charge is 2.14. The number of hydrogen-bond acceptors (Lipinski definition) is 1. The molecular weight excluding hydrogens is 86.1 g/mol. The van der Waals surface area contributed by atoms with E-state index in [-0.39, 0.29) is 0 Å². The second kappa shape index (κ2) is 1.94. The highest BCUT2D eigenvalue weighted by atomic mass is 15.1. The highest BCUT2D eigenvalue weighted by molar-refractivity contribution is 5.08. The molecule has 38 valence electrons. The summed E-state index contributed by atoms with van der Waals surface area (Å²) in [4.78, 5) is 0. The number of nitrogens with one attached hydrogen (secondary N) is 1. The lowest BCUT2D eigenvalue weighted by Crippen LogP contribution is -1.78. The molecule has 0 spiro atoms. The minimum atomic E-state index is 0.651. The van der Waals surface area contributed by atoms with Crippen molar-refractivity contribution in [2.45, 2.75) is 6.04 Å². The molecule has 1 heteroatoms. The Bertz CT molecular complexity index is 90.4. The SMILES string of the molecule is C=CC=CC1CN1. The molecule has 0 aromatic carbocycles. The van der Waals surface area contributed by atoms with Gasteiger partial charge in [0.15, 0.2) is 0 Å². The zero-order valence-corrected chi connectivity index (χ0v) is 4.22. The molecule has 7 heavy (non-hydrogen) atoms. The number of hydrogen-bond donors (Lipinski definition) is 1. The summed E-state index contributed by atoms with van der Waals surface area (Å²) >= 11 is 0. The quantitative estimate of drug-likeness (QED) is 0.396. The van der Waals surface area contributed by atoms with Gasteiger partial charge in [0.2, 0.25) is 0 Å². The van der Waals surface area contributed by atoms with Crippen LogP contribution < -0.4 is 5.32 Å². The molecule has 0 aromatic heterocycles. The third-order valence-electron chi connectivity index (χ3n) is 0.919. The van der Waals surface area contributed by atoms with Crippen molar-refractivity contribution in [3.63, 3.8) is 0 Å². The molecule has 1 aliphatic rings. The average molecular weight is 95.1 g/mol. The lowest BCUT2D eigenvalue weighted by atomic mass is 10.4. The van der Waals surface area contributed by atoms with Gasteiger partial charge in [0.05, 0.1) is 0 Å². The first kappa shape index (κ1) is 4.60. The fourth-order valence-corrected chi connectivity index (χ4v) is 0.417. The third kappa shape index (κ3) is 1.55. The average Bonchev–Trinajstić information content (AvgIpc) is 2.42. The molecular formula is C6H9N. The molecule has 1 rings (SSSR count). The monoisotopic (exact) mass is 95.1 g/mol. The Balaban J connectivity index is 2.17. The Hall–Kier alpha value is -0.560. The molecule has 0 radical (unpaired) electrons. The van der Waals surface area contributed by atoms with Crippen molar-refractivity contribution in [1.82, 2.24) is 5.32 Å². The summed E-state index contributed by atoms with van der Waals surface area (Å²) in [5.74, 6) is 0. The molecule has 1 nitrogen and oxygen atoms in total. The minimum absolute atomic E-state index is 0.651. The molecule has 0 saturated carbocycles. The third-order valence-corrected chi connectivity index (χ3v) is 0.919. The Labute approximate surface area is 43.7 Å². The molecule has 1 fully saturated rings. The Morgan fingerprint density at radius 3 is 2.86 bits per heavy atom. The van der Waals surface area contributed by atoms with E-state index in [9.17, 15) is 0 Å². The maximum absolute atomic E-state index is 3.55. The van der Waals surface area contributed by atoms with Crippen LogP contribution in [-0.2, 0) is 0 Å². The first-order chi connectivity index (χ1) is 3.43. The van der Waals surface area contributed by atoms with Crippen molar-refractivity contribution in [2.24, 2.45) is 0 Å². The fraction of sp³-hybridized carbons (Fsp3) is 0.333. The summed E-state index contributed by atoms with van der Waals surface area (Å²) in [5.41, 5.74) is 0. The maximum Gasteiger partial charge on any atom is 0.0380 e. The standard InChI is InChI=1S/C6H9N/c1-2-3-4-6-5-7-6/h2-4,6-7H,1,5H2. The number of allylic oxidation sites excluding steroid dienone is 2. The predicted octanol–water partition coefficient (Wildman–Crippen LogP) is 0.700. The summed E-state index contributed by atoms with van der Waals surface area (Å²) in [6, 6.07) is 0.651. The number of rotatable bonds is 2. The first-order valence-electron chi connectivity index (χ1n) is 2.46. The van der Waals surface area contributed by atoms with Gasteiger partial charge in [-0.25, -0.2) is 0 Å². The maximum atomic E-state index is 3.55. The van der Waals surface area contributed by atoms with Crippen molar-refractivity contribution < 1.29 is 0 Å². The van der Waals surface area contributed by atoms with Crippen LogP contribution in [0.4, 0.5) is 0 Å². The van der Waals surface area contributed by atoms with Gasteiger partial charge >= 0.3 is 0 Å². The van der Waals surface area contributed by atoms with Gasteiger partial charge in [-0.15, -0.1) is 0 Å².